The fourth-order valence-electron chi connectivity index (χ4n) is 3.77. The van der Waals surface area contributed by atoms with E-state index in [1.165, 1.54) is 42.2 Å². The zero-order valence-electron chi connectivity index (χ0n) is 16.5. The maximum absolute atomic E-state index is 13.3. The number of nitrogens with zero attached hydrogens (tertiary/aromatic N) is 2. The Bertz CT molecular complexity index is 907. The molecule has 0 radical (unpaired) electrons. The SMILES string of the molecule is Cc1ccc(/C=C2/SC(=Nc3ccc(C)cc3)N(C3CCCCC3)C2=O)cc1. The number of rotatable bonds is 3. The van der Waals surface area contributed by atoms with Gasteiger partial charge in [0.25, 0.3) is 5.91 Å². The van der Waals surface area contributed by atoms with Gasteiger partial charge in [0.2, 0.25) is 0 Å². The summed E-state index contributed by atoms with van der Waals surface area (Å²) in [6, 6.07) is 16.7. The molecule has 0 N–H and O–H groups in total. The summed E-state index contributed by atoms with van der Waals surface area (Å²) in [6.45, 7) is 4.14. The first-order valence-corrected chi connectivity index (χ1v) is 10.9. The van der Waals surface area contributed by atoms with Crippen molar-refractivity contribution in [3.8, 4) is 0 Å². The van der Waals surface area contributed by atoms with E-state index in [2.05, 4.69) is 50.2 Å². The molecule has 2 aromatic carbocycles. The highest BCUT2D eigenvalue weighted by Crippen LogP contribution is 2.38. The minimum Gasteiger partial charge on any atom is -0.283 e. The molecule has 28 heavy (non-hydrogen) atoms. The smallest absolute Gasteiger partial charge is 0.267 e. The van der Waals surface area contributed by atoms with E-state index in [9.17, 15) is 4.79 Å². The highest BCUT2D eigenvalue weighted by molar-refractivity contribution is 8.18. The molecule has 2 fully saturated rings. The fraction of sp³-hybridized carbons (Fsp3) is 0.333. The third-order valence-electron chi connectivity index (χ3n) is 5.41. The van der Waals surface area contributed by atoms with Gasteiger partial charge in [-0.3, -0.25) is 9.69 Å². The van der Waals surface area contributed by atoms with E-state index in [-0.39, 0.29) is 11.9 Å². The Morgan fingerprint density at radius 1 is 0.929 bits per heavy atom. The summed E-state index contributed by atoms with van der Waals surface area (Å²) < 4.78 is 0. The molecule has 1 amide bonds. The van der Waals surface area contributed by atoms with E-state index in [0.29, 0.717) is 0 Å². The van der Waals surface area contributed by atoms with Gasteiger partial charge in [0.15, 0.2) is 5.17 Å². The molecule has 4 heteroatoms. The lowest BCUT2D eigenvalue weighted by atomic mass is 9.94. The summed E-state index contributed by atoms with van der Waals surface area (Å²) in [6.07, 6.45) is 7.78. The van der Waals surface area contributed by atoms with Gasteiger partial charge < -0.3 is 0 Å². The predicted molar refractivity (Wildman–Crippen MR) is 119 cm³/mol. The first-order valence-electron chi connectivity index (χ1n) is 10.1. The molecule has 144 valence electrons. The molecular formula is C24H26N2OS. The summed E-state index contributed by atoms with van der Waals surface area (Å²) in [5, 5.41) is 0.819. The molecule has 4 rings (SSSR count). The Labute approximate surface area is 171 Å². The van der Waals surface area contributed by atoms with Crippen LogP contribution in [0.1, 0.15) is 48.8 Å². The van der Waals surface area contributed by atoms with Crippen LogP contribution in [-0.2, 0) is 4.79 Å². The summed E-state index contributed by atoms with van der Waals surface area (Å²) >= 11 is 1.51. The van der Waals surface area contributed by atoms with Crippen molar-refractivity contribution in [2.24, 2.45) is 4.99 Å². The minimum absolute atomic E-state index is 0.100. The second-order valence-corrected chi connectivity index (χ2v) is 8.73. The van der Waals surface area contributed by atoms with E-state index in [1.807, 2.05) is 23.1 Å². The van der Waals surface area contributed by atoms with Gasteiger partial charge in [0, 0.05) is 6.04 Å². The first-order chi connectivity index (χ1) is 13.6. The van der Waals surface area contributed by atoms with Crippen molar-refractivity contribution in [3.05, 3.63) is 70.1 Å². The lowest BCUT2D eigenvalue weighted by Gasteiger charge is -2.30. The maximum atomic E-state index is 13.3. The van der Waals surface area contributed by atoms with Crippen LogP contribution in [0.4, 0.5) is 5.69 Å². The summed E-state index contributed by atoms with van der Waals surface area (Å²) in [5.74, 6) is 0.100. The van der Waals surface area contributed by atoms with Crippen LogP contribution in [0.5, 0.6) is 0 Å². The average molecular weight is 391 g/mol. The molecule has 1 saturated heterocycles. The predicted octanol–water partition coefficient (Wildman–Crippen LogP) is 6.24. The van der Waals surface area contributed by atoms with Crippen molar-refractivity contribution < 1.29 is 4.79 Å². The number of aliphatic imine (C=N–C) groups is 1. The number of aryl methyl sites for hydroxylation is 2. The van der Waals surface area contributed by atoms with Gasteiger partial charge in [-0.1, -0.05) is 66.8 Å². The van der Waals surface area contributed by atoms with Crippen LogP contribution in [0.3, 0.4) is 0 Å². The zero-order chi connectivity index (χ0) is 19.5. The number of thioether (sulfide) groups is 1. The molecule has 0 atom stereocenters. The Morgan fingerprint density at radius 2 is 1.54 bits per heavy atom. The van der Waals surface area contributed by atoms with Crippen molar-refractivity contribution in [2.45, 2.75) is 52.0 Å². The Morgan fingerprint density at radius 3 is 2.18 bits per heavy atom. The lowest BCUT2D eigenvalue weighted by Crippen LogP contribution is -2.40. The molecule has 2 aromatic rings. The molecular weight excluding hydrogens is 364 g/mol. The monoisotopic (exact) mass is 390 g/mol. The van der Waals surface area contributed by atoms with E-state index in [4.69, 9.17) is 4.99 Å². The third kappa shape index (κ3) is 4.22. The van der Waals surface area contributed by atoms with Crippen LogP contribution in [-0.4, -0.2) is 22.0 Å². The van der Waals surface area contributed by atoms with Crippen molar-refractivity contribution in [1.82, 2.24) is 4.90 Å². The van der Waals surface area contributed by atoms with E-state index in [1.54, 1.807) is 0 Å². The fourth-order valence-corrected chi connectivity index (χ4v) is 4.83. The third-order valence-corrected chi connectivity index (χ3v) is 6.39. The number of amidine groups is 1. The molecule has 3 nitrogen and oxygen atoms in total. The molecule has 2 aliphatic rings. The highest BCUT2D eigenvalue weighted by atomic mass is 32.2. The van der Waals surface area contributed by atoms with Gasteiger partial charge in [-0.15, -0.1) is 0 Å². The second-order valence-electron chi connectivity index (χ2n) is 7.72. The largest absolute Gasteiger partial charge is 0.283 e. The van der Waals surface area contributed by atoms with Gasteiger partial charge >= 0.3 is 0 Å². The summed E-state index contributed by atoms with van der Waals surface area (Å²) in [7, 11) is 0. The van der Waals surface area contributed by atoms with Crippen LogP contribution >= 0.6 is 11.8 Å². The quantitative estimate of drug-likeness (QED) is 0.581. The summed E-state index contributed by atoms with van der Waals surface area (Å²) in [4.78, 5) is 20.9. The molecule has 0 spiro atoms. The number of hydrogen-bond acceptors (Lipinski definition) is 3. The number of benzene rings is 2. The number of carbonyl (C=O) groups excluding carboxylic acids is 1. The summed E-state index contributed by atoms with van der Waals surface area (Å²) in [5.41, 5.74) is 4.39. The van der Waals surface area contributed by atoms with Gasteiger partial charge in [-0.05, 0) is 62.2 Å². The normalized spacial score (nSPS) is 21.1. The molecule has 1 heterocycles. The zero-order valence-corrected chi connectivity index (χ0v) is 17.3. The van der Waals surface area contributed by atoms with Crippen LogP contribution in [0, 0.1) is 13.8 Å². The molecule has 0 bridgehead atoms. The molecule has 0 aromatic heterocycles. The van der Waals surface area contributed by atoms with Gasteiger partial charge in [-0.2, -0.15) is 0 Å². The Balaban J connectivity index is 1.68. The van der Waals surface area contributed by atoms with Crippen molar-refractivity contribution in [3.63, 3.8) is 0 Å². The average Bonchev–Trinajstić information content (AvgIpc) is 3.01. The maximum Gasteiger partial charge on any atom is 0.267 e. The minimum atomic E-state index is 0.100. The lowest BCUT2D eigenvalue weighted by molar-refractivity contribution is -0.124. The van der Waals surface area contributed by atoms with E-state index >= 15 is 0 Å². The number of carbonyl (C=O) groups is 1. The van der Waals surface area contributed by atoms with Crippen LogP contribution in [0.15, 0.2) is 58.4 Å². The van der Waals surface area contributed by atoms with Crippen LogP contribution in [0.2, 0.25) is 0 Å². The second kappa shape index (κ2) is 8.36. The van der Waals surface area contributed by atoms with E-state index < -0.39 is 0 Å². The molecule has 1 aliphatic carbocycles. The van der Waals surface area contributed by atoms with Crippen molar-refractivity contribution in [2.75, 3.05) is 0 Å². The van der Waals surface area contributed by atoms with Crippen molar-refractivity contribution >= 4 is 34.6 Å². The molecule has 1 saturated carbocycles. The highest BCUT2D eigenvalue weighted by Gasteiger charge is 2.38. The number of amides is 1. The molecule has 1 aliphatic heterocycles. The van der Waals surface area contributed by atoms with Crippen LogP contribution < -0.4 is 0 Å². The topological polar surface area (TPSA) is 32.7 Å². The molecule has 0 unspecified atom stereocenters. The van der Waals surface area contributed by atoms with Gasteiger partial charge in [0.1, 0.15) is 0 Å². The number of hydrogen-bond donors (Lipinski definition) is 0. The Hall–Kier alpha value is -2.33. The standard InChI is InChI=1S/C24H26N2OS/c1-17-8-12-19(13-9-17)16-22-23(27)26(21-6-4-3-5-7-21)24(28-22)25-20-14-10-18(2)11-15-20/h8-16,21H,3-7H2,1-2H3/b22-16+,25-24?. The van der Waals surface area contributed by atoms with Crippen molar-refractivity contribution in [1.29, 1.82) is 0 Å². The van der Waals surface area contributed by atoms with Gasteiger partial charge in [0.05, 0.1) is 10.6 Å². The van der Waals surface area contributed by atoms with Crippen LogP contribution in [0.25, 0.3) is 6.08 Å². The Kier molecular flexibility index (Phi) is 5.67. The van der Waals surface area contributed by atoms with E-state index in [0.717, 1.165) is 34.2 Å². The van der Waals surface area contributed by atoms with Gasteiger partial charge in [-0.25, -0.2) is 4.99 Å². The first kappa shape index (κ1) is 19.0.